The zero-order chi connectivity index (χ0) is 12.3. The first kappa shape index (κ1) is 12.0. The van der Waals surface area contributed by atoms with Crippen LogP contribution in [0.4, 0.5) is 4.39 Å². The summed E-state index contributed by atoms with van der Waals surface area (Å²) in [7, 11) is 1.41. The van der Waals surface area contributed by atoms with Crippen LogP contribution >= 0.6 is 11.3 Å². The van der Waals surface area contributed by atoms with Gasteiger partial charge in [0.25, 0.3) is 0 Å². The number of benzene rings is 1. The fourth-order valence-electron chi connectivity index (χ4n) is 1.54. The third-order valence-corrected chi connectivity index (χ3v) is 3.24. The Hall–Kier alpha value is -1.46. The number of rotatable bonds is 4. The maximum atomic E-state index is 13.4. The van der Waals surface area contributed by atoms with Crippen molar-refractivity contribution in [3.8, 4) is 5.75 Å². The van der Waals surface area contributed by atoms with Gasteiger partial charge in [-0.15, -0.1) is 11.3 Å². The number of thiazole rings is 1. The van der Waals surface area contributed by atoms with Gasteiger partial charge in [-0.3, -0.25) is 4.98 Å². The van der Waals surface area contributed by atoms with Gasteiger partial charge in [-0.25, -0.2) is 4.39 Å². The largest absolute Gasteiger partial charge is 0.494 e. The molecule has 0 saturated heterocycles. The van der Waals surface area contributed by atoms with Gasteiger partial charge in [-0.05, 0) is 17.7 Å². The van der Waals surface area contributed by atoms with Crippen LogP contribution in [0.15, 0.2) is 29.9 Å². The smallest absolute Gasteiger partial charge is 0.165 e. The summed E-state index contributed by atoms with van der Waals surface area (Å²) in [5.74, 6) is -0.285. The van der Waals surface area contributed by atoms with E-state index >= 15 is 0 Å². The molecule has 1 atom stereocenters. The van der Waals surface area contributed by atoms with Crippen molar-refractivity contribution < 1.29 is 14.2 Å². The van der Waals surface area contributed by atoms with Gasteiger partial charge in [-0.1, -0.05) is 6.07 Å². The van der Waals surface area contributed by atoms with E-state index in [1.54, 1.807) is 17.8 Å². The van der Waals surface area contributed by atoms with Crippen molar-refractivity contribution in [3.63, 3.8) is 0 Å². The molecule has 0 aliphatic carbocycles. The van der Waals surface area contributed by atoms with Crippen molar-refractivity contribution in [2.24, 2.45) is 0 Å². The van der Waals surface area contributed by atoms with E-state index in [4.69, 9.17) is 4.74 Å². The van der Waals surface area contributed by atoms with Crippen molar-refractivity contribution in [1.29, 1.82) is 0 Å². The lowest BCUT2D eigenvalue weighted by molar-refractivity contribution is 0.178. The average Bonchev–Trinajstić information content (AvgIpc) is 2.81. The van der Waals surface area contributed by atoms with Crippen LogP contribution in [0.5, 0.6) is 5.75 Å². The summed E-state index contributed by atoms with van der Waals surface area (Å²) in [6.45, 7) is 0. The van der Waals surface area contributed by atoms with E-state index in [0.717, 1.165) is 4.88 Å². The molecule has 17 heavy (non-hydrogen) atoms. The summed E-state index contributed by atoms with van der Waals surface area (Å²) in [5, 5.41) is 9.95. The molecule has 0 fully saturated rings. The molecule has 1 aromatic heterocycles. The van der Waals surface area contributed by atoms with Crippen LogP contribution in [0.3, 0.4) is 0 Å². The SMILES string of the molecule is COc1ccc(C(O)Cc2cncs2)cc1F. The number of hydrogen-bond donors (Lipinski definition) is 1. The Morgan fingerprint density at radius 3 is 2.94 bits per heavy atom. The molecule has 1 N–H and O–H groups in total. The molecule has 0 aliphatic heterocycles. The number of nitrogens with zero attached hydrogens (tertiary/aromatic N) is 1. The molecule has 1 unspecified atom stereocenters. The number of ether oxygens (including phenoxy) is 1. The lowest BCUT2D eigenvalue weighted by Gasteiger charge is -2.11. The minimum Gasteiger partial charge on any atom is -0.494 e. The van der Waals surface area contributed by atoms with E-state index in [1.807, 2.05) is 0 Å². The topological polar surface area (TPSA) is 42.4 Å². The Bertz CT molecular complexity index is 487. The van der Waals surface area contributed by atoms with Crippen LogP contribution in [-0.2, 0) is 6.42 Å². The highest BCUT2D eigenvalue weighted by atomic mass is 32.1. The van der Waals surface area contributed by atoms with Crippen LogP contribution < -0.4 is 4.74 Å². The molecule has 5 heteroatoms. The monoisotopic (exact) mass is 253 g/mol. The van der Waals surface area contributed by atoms with Gasteiger partial charge in [0.05, 0.1) is 18.7 Å². The summed E-state index contributed by atoms with van der Waals surface area (Å²) < 4.78 is 18.3. The van der Waals surface area contributed by atoms with E-state index < -0.39 is 11.9 Å². The van der Waals surface area contributed by atoms with Crippen molar-refractivity contribution in [2.45, 2.75) is 12.5 Å². The first-order valence-corrected chi connectivity index (χ1v) is 5.97. The molecule has 2 rings (SSSR count). The van der Waals surface area contributed by atoms with Gasteiger partial charge >= 0.3 is 0 Å². The summed E-state index contributed by atoms with van der Waals surface area (Å²) in [5.41, 5.74) is 2.24. The summed E-state index contributed by atoms with van der Waals surface area (Å²) in [6.07, 6.45) is 1.42. The second-order valence-corrected chi connectivity index (χ2v) is 4.55. The van der Waals surface area contributed by atoms with Gasteiger partial charge in [0.1, 0.15) is 0 Å². The number of hydrogen-bond acceptors (Lipinski definition) is 4. The molecular weight excluding hydrogens is 241 g/mol. The predicted molar refractivity (Wildman–Crippen MR) is 63.7 cm³/mol. The van der Waals surface area contributed by atoms with Gasteiger partial charge in [0.2, 0.25) is 0 Å². The lowest BCUT2D eigenvalue weighted by Crippen LogP contribution is -2.01. The first-order valence-electron chi connectivity index (χ1n) is 5.09. The van der Waals surface area contributed by atoms with Crippen LogP contribution in [0.1, 0.15) is 16.5 Å². The summed E-state index contributed by atoms with van der Waals surface area (Å²) in [6, 6.07) is 4.47. The first-order chi connectivity index (χ1) is 8.20. The van der Waals surface area contributed by atoms with Gasteiger partial charge < -0.3 is 9.84 Å². The van der Waals surface area contributed by atoms with E-state index in [9.17, 15) is 9.50 Å². The normalized spacial score (nSPS) is 12.4. The number of aliphatic hydroxyl groups is 1. The van der Waals surface area contributed by atoms with Crippen molar-refractivity contribution in [2.75, 3.05) is 7.11 Å². The molecule has 2 aromatic rings. The minimum atomic E-state index is -0.726. The van der Waals surface area contributed by atoms with Crippen molar-refractivity contribution in [1.82, 2.24) is 4.98 Å². The molecule has 0 saturated carbocycles. The zero-order valence-electron chi connectivity index (χ0n) is 9.26. The van der Waals surface area contributed by atoms with E-state index in [-0.39, 0.29) is 5.75 Å². The van der Waals surface area contributed by atoms with Crippen molar-refractivity contribution >= 4 is 11.3 Å². The highest BCUT2D eigenvalue weighted by molar-refractivity contribution is 7.09. The highest BCUT2D eigenvalue weighted by Crippen LogP contribution is 2.24. The van der Waals surface area contributed by atoms with Crippen LogP contribution in [-0.4, -0.2) is 17.2 Å². The number of methoxy groups -OCH3 is 1. The quantitative estimate of drug-likeness (QED) is 0.910. The number of aromatic nitrogens is 1. The Labute approximate surface area is 103 Å². The number of aliphatic hydroxyl groups excluding tert-OH is 1. The molecule has 0 amide bonds. The summed E-state index contributed by atoms with van der Waals surface area (Å²) in [4.78, 5) is 4.89. The van der Waals surface area contributed by atoms with Gasteiger partial charge in [0, 0.05) is 17.5 Å². The molecule has 3 nitrogen and oxygen atoms in total. The molecule has 1 aromatic carbocycles. The molecular formula is C12H12FNO2S. The zero-order valence-corrected chi connectivity index (χ0v) is 10.1. The molecule has 0 aliphatic rings. The second-order valence-electron chi connectivity index (χ2n) is 3.58. The van der Waals surface area contributed by atoms with Crippen molar-refractivity contribution in [3.05, 3.63) is 46.2 Å². The third kappa shape index (κ3) is 2.81. The third-order valence-electron chi connectivity index (χ3n) is 2.44. The Morgan fingerprint density at radius 1 is 1.53 bits per heavy atom. The van der Waals surface area contributed by atoms with Crippen LogP contribution in [0.25, 0.3) is 0 Å². The standard InChI is InChI=1S/C12H12FNO2S/c1-16-12-3-2-8(4-10(12)13)11(15)5-9-6-14-7-17-9/h2-4,6-7,11,15H,5H2,1H3. The Kier molecular flexibility index (Phi) is 3.71. The maximum Gasteiger partial charge on any atom is 0.165 e. The lowest BCUT2D eigenvalue weighted by atomic mass is 10.1. The molecule has 0 spiro atoms. The van der Waals surface area contributed by atoms with Crippen LogP contribution in [0, 0.1) is 5.82 Å². The van der Waals surface area contributed by atoms with E-state index in [0.29, 0.717) is 12.0 Å². The average molecular weight is 253 g/mol. The molecule has 90 valence electrons. The minimum absolute atomic E-state index is 0.179. The maximum absolute atomic E-state index is 13.4. The van der Waals surface area contributed by atoms with Gasteiger partial charge in [-0.2, -0.15) is 0 Å². The summed E-state index contributed by atoms with van der Waals surface area (Å²) >= 11 is 1.47. The fraction of sp³-hybridized carbons (Fsp3) is 0.250. The van der Waals surface area contributed by atoms with E-state index in [1.165, 1.54) is 30.6 Å². The molecule has 0 radical (unpaired) electrons. The molecule has 0 bridgehead atoms. The fourth-order valence-corrected chi connectivity index (χ4v) is 2.17. The van der Waals surface area contributed by atoms with Crippen LogP contribution in [0.2, 0.25) is 0 Å². The highest BCUT2D eigenvalue weighted by Gasteiger charge is 2.12. The number of halogens is 1. The molecule has 1 heterocycles. The van der Waals surface area contributed by atoms with Gasteiger partial charge in [0.15, 0.2) is 11.6 Å². The predicted octanol–water partition coefficient (Wildman–Crippen LogP) is 2.57. The second kappa shape index (κ2) is 5.25. The van der Waals surface area contributed by atoms with E-state index in [2.05, 4.69) is 4.98 Å². The Balaban J connectivity index is 2.14. The Morgan fingerprint density at radius 2 is 2.35 bits per heavy atom.